The summed E-state index contributed by atoms with van der Waals surface area (Å²) in [6.45, 7) is 2.09. The molecular weight excluding hydrogens is 190 g/mol. The highest BCUT2D eigenvalue weighted by molar-refractivity contribution is 5.99. The molecule has 0 aromatic carbocycles. The zero-order chi connectivity index (χ0) is 10.8. The number of imide groups is 1. The van der Waals surface area contributed by atoms with Gasteiger partial charge in [0.1, 0.15) is 0 Å². The third-order valence-corrected chi connectivity index (χ3v) is 3.08. The van der Waals surface area contributed by atoms with Gasteiger partial charge in [0.15, 0.2) is 0 Å². The first-order valence-electron chi connectivity index (χ1n) is 5.37. The summed E-state index contributed by atoms with van der Waals surface area (Å²) in [5.41, 5.74) is 2.52. The van der Waals surface area contributed by atoms with Crippen molar-refractivity contribution in [2.24, 2.45) is 5.92 Å². The second-order valence-corrected chi connectivity index (χ2v) is 4.26. The maximum absolute atomic E-state index is 11.6. The lowest BCUT2D eigenvalue weighted by Gasteiger charge is -2.24. The fraction of sp³-hybridized carbons (Fsp3) is 0.500. The van der Waals surface area contributed by atoms with Crippen LogP contribution >= 0.6 is 0 Å². The number of amides is 2. The molecule has 0 radical (unpaired) electrons. The van der Waals surface area contributed by atoms with Gasteiger partial charge in [-0.2, -0.15) is 0 Å². The van der Waals surface area contributed by atoms with E-state index in [-0.39, 0.29) is 17.7 Å². The van der Waals surface area contributed by atoms with Gasteiger partial charge in [0.05, 0.1) is 5.92 Å². The average molecular weight is 205 g/mol. The second-order valence-electron chi connectivity index (χ2n) is 4.26. The van der Waals surface area contributed by atoms with Gasteiger partial charge in [0, 0.05) is 6.42 Å². The van der Waals surface area contributed by atoms with Crippen molar-refractivity contribution >= 4 is 11.8 Å². The fourth-order valence-electron chi connectivity index (χ4n) is 2.10. The molecule has 80 valence electrons. The highest BCUT2D eigenvalue weighted by atomic mass is 16.2. The van der Waals surface area contributed by atoms with E-state index in [0.717, 1.165) is 12.8 Å². The van der Waals surface area contributed by atoms with E-state index in [9.17, 15) is 9.59 Å². The number of carbonyl (C=O) groups is 2. The van der Waals surface area contributed by atoms with Gasteiger partial charge >= 0.3 is 0 Å². The first kappa shape index (κ1) is 10.1. The van der Waals surface area contributed by atoms with E-state index in [4.69, 9.17) is 0 Å². The zero-order valence-electron chi connectivity index (χ0n) is 8.88. The molecule has 2 aliphatic rings. The first-order chi connectivity index (χ1) is 7.16. The maximum atomic E-state index is 11.6. The van der Waals surface area contributed by atoms with Crippen LogP contribution in [0.4, 0.5) is 0 Å². The van der Waals surface area contributed by atoms with E-state index in [0.29, 0.717) is 12.8 Å². The van der Waals surface area contributed by atoms with Crippen LogP contribution in [0, 0.1) is 5.92 Å². The number of hydrogen-bond acceptors (Lipinski definition) is 2. The minimum Gasteiger partial charge on any atom is -0.296 e. The first-order valence-corrected chi connectivity index (χ1v) is 5.37. The van der Waals surface area contributed by atoms with Crippen molar-refractivity contribution in [1.82, 2.24) is 5.32 Å². The van der Waals surface area contributed by atoms with Gasteiger partial charge in [-0.3, -0.25) is 14.9 Å². The van der Waals surface area contributed by atoms with Crippen LogP contribution in [0.3, 0.4) is 0 Å². The monoisotopic (exact) mass is 205 g/mol. The van der Waals surface area contributed by atoms with Gasteiger partial charge in [-0.25, -0.2) is 0 Å². The Morgan fingerprint density at radius 3 is 2.60 bits per heavy atom. The number of nitrogens with one attached hydrogen (secondary N) is 1. The van der Waals surface area contributed by atoms with Crippen LogP contribution in [0.15, 0.2) is 23.3 Å². The molecule has 1 aliphatic heterocycles. The highest BCUT2D eigenvalue weighted by Crippen LogP contribution is 2.28. The molecule has 0 saturated carbocycles. The third-order valence-electron chi connectivity index (χ3n) is 3.08. The quantitative estimate of drug-likeness (QED) is 0.662. The van der Waals surface area contributed by atoms with Gasteiger partial charge in [-0.15, -0.1) is 0 Å². The Morgan fingerprint density at radius 1 is 1.20 bits per heavy atom. The minimum atomic E-state index is -0.139. The van der Waals surface area contributed by atoms with Crippen LogP contribution in [0.5, 0.6) is 0 Å². The van der Waals surface area contributed by atoms with Crippen LogP contribution in [0.2, 0.25) is 0 Å². The number of rotatable bonds is 1. The standard InChI is InChI=1S/C12H15NO2/c1-8-2-4-9(5-3-8)10-6-7-11(14)13-12(10)15/h2,4,10H,3,5-7H2,1H3,(H,13,14,15). The minimum absolute atomic E-state index is 0.0768. The summed E-state index contributed by atoms with van der Waals surface area (Å²) in [4.78, 5) is 22.6. The molecule has 1 heterocycles. The molecule has 0 bridgehead atoms. The number of piperidine rings is 1. The van der Waals surface area contributed by atoms with Crippen molar-refractivity contribution in [3.63, 3.8) is 0 Å². The molecule has 1 atom stereocenters. The van der Waals surface area contributed by atoms with Crippen molar-refractivity contribution < 1.29 is 9.59 Å². The summed E-state index contributed by atoms with van der Waals surface area (Å²) in [7, 11) is 0. The highest BCUT2D eigenvalue weighted by Gasteiger charge is 2.29. The Morgan fingerprint density at radius 2 is 2.00 bits per heavy atom. The van der Waals surface area contributed by atoms with Crippen LogP contribution in [-0.2, 0) is 9.59 Å². The molecule has 15 heavy (non-hydrogen) atoms. The van der Waals surface area contributed by atoms with Gasteiger partial charge < -0.3 is 0 Å². The largest absolute Gasteiger partial charge is 0.296 e. The molecule has 0 aromatic rings. The Balaban J connectivity index is 2.11. The van der Waals surface area contributed by atoms with Gasteiger partial charge in [-0.05, 0) is 26.2 Å². The molecule has 0 spiro atoms. The topological polar surface area (TPSA) is 46.2 Å². The summed E-state index contributed by atoms with van der Waals surface area (Å²) in [6, 6.07) is 0. The molecule has 0 aromatic heterocycles. The Kier molecular flexibility index (Phi) is 2.71. The third kappa shape index (κ3) is 2.17. The predicted molar refractivity (Wildman–Crippen MR) is 56.9 cm³/mol. The smallest absolute Gasteiger partial charge is 0.233 e. The lowest BCUT2D eigenvalue weighted by molar-refractivity contribution is -0.135. The lowest BCUT2D eigenvalue weighted by atomic mass is 9.84. The van der Waals surface area contributed by atoms with Gasteiger partial charge in [0.2, 0.25) is 11.8 Å². The summed E-state index contributed by atoms with van der Waals surface area (Å²) in [5.74, 6) is -0.336. The molecule has 1 N–H and O–H groups in total. The van der Waals surface area contributed by atoms with Crippen LogP contribution in [0.25, 0.3) is 0 Å². The van der Waals surface area contributed by atoms with Crippen LogP contribution in [0.1, 0.15) is 32.6 Å². The number of allylic oxidation sites excluding steroid dienone is 3. The maximum Gasteiger partial charge on any atom is 0.233 e. The molecule has 1 fully saturated rings. The van der Waals surface area contributed by atoms with E-state index < -0.39 is 0 Å². The second kappa shape index (κ2) is 4.01. The zero-order valence-corrected chi connectivity index (χ0v) is 8.88. The lowest BCUT2D eigenvalue weighted by Crippen LogP contribution is -2.41. The van der Waals surface area contributed by atoms with E-state index in [1.165, 1.54) is 11.1 Å². The Labute approximate surface area is 89.2 Å². The molecule has 3 nitrogen and oxygen atoms in total. The van der Waals surface area contributed by atoms with Crippen LogP contribution in [-0.4, -0.2) is 11.8 Å². The summed E-state index contributed by atoms with van der Waals surface area (Å²) >= 11 is 0. The van der Waals surface area contributed by atoms with Crippen molar-refractivity contribution in [3.05, 3.63) is 23.3 Å². The molecule has 1 unspecified atom stereocenters. The Bertz CT molecular complexity index is 366. The van der Waals surface area contributed by atoms with E-state index in [1.54, 1.807) is 0 Å². The summed E-state index contributed by atoms with van der Waals surface area (Å²) < 4.78 is 0. The van der Waals surface area contributed by atoms with Crippen molar-refractivity contribution in [2.75, 3.05) is 0 Å². The van der Waals surface area contributed by atoms with E-state index in [2.05, 4.69) is 18.3 Å². The summed E-state index contributed by atoms with van der Waals surface area (Å²) in [6.07, 6.45) is 7.24. The van der Waals surface area contributed by atoms with E-state index in [1.807, 2.05) is 6.08 Å². The summed E-state index contributed by atoms with van der Waals surface area (Å²) in [5, 5.41) is 2.40. The van der Waals surface area contributed by atoms with Gasteiger partial charge in [0.25, 0.3) is 0 Å². The van der Waals surface area contributed by atoms with Gasteiger partial charge in [-0.1, -0.05) is 23.3 Å². The van der Waals surface area contributed by atoms with Crippen molar-refractivity contribution in [3.8, 4) is 0 Å². The molecule has 2 rings (SSSR count). The Hall–Kier alpha value is -1.38. The number of carbonyl (C=O) groups excluding carboxylic acids is 2. The molecule has 1 aliphatic carbocycles. The fourth-order valence-corrected chi connectivity index (χ4v) is 2.10. The van der Waals surface area contributed by atoms with E-state index >= 15 is 0 Å². The molecular formula is C12H15NO2. The van der Waals surface area contributed by atoms with Crippen molar-refractivity contribution in [1.29, 1.82) is 0 Å². The molecule has 1 saturated heterocycles. The normalized spacial score (nSPS) is 26.9. The number of hydrogen-bond donors (Lipinski definition) is 1. The average Bonchev–Trinajstić information content (AvgIpc) is 2.20. The van der Waals surface area contributed by atoms with Crippen molar-refractivity contribution in [2.45, 2.75) is 32.6 Å². The van der Waals surface area contributed by atoms with Crippen LogP contribution < -0.4 is 5.32 Å². The molecule has 2 amide bonds. The molecule has 3 heteroatoms. The SMILES string of the molecule is CC1=CC=C(C2CCC(=O)NC2=O)CC1. The predicted octanol–water partition coefficient (Wildman–Crippen LogP) is 1.71.